The van der Waals surface area contributed by atoms with Gasteiger partial charge in [-0.3, -0.25) is 4.98 Å². The molecule has 3 aromatic rings. The maximum absolute atomic E-state index is 5.87. The smallest absolute Gasteiger partial charge is 0.177 e. The van der Waals surface area contributed by atoms with Crippen molar-refractivity contribution in [1.82, 2.24) is 4.98 Å². The first-order valence-corrected chi connectivity index (χ1v) is 5.54. The average Bonchev–Trinajstić information content (AvgIpc) is 2.73. The van der Waals surface area contributed by atoms with Crippen LogP contribution in [0.5, 0.6) is 11.5 Å². The molecule has 0 unspecified atom stereocenters. The lowest BCUT2D eigenvalue weighted by molar-refractivity contribution is 0.425. The maximum atomic E-state index is 5.87. The Kier molecular flexibility index (Phi) is 1.61. The van der Waals surface area contributed by atoms with E-state index >= 15 is 0 Å². The van der Waals surface area contributed by atoms with E-state index in [1.807, 2.05) is 36.4 Å². The van der Waals surface area contributed by atoms with E-state index in [0.29, 0.717) is 6.42 Å². The summed E-state index contributed by atoms with van der Waals surface area (Å²) < 4.78 is 11.7. The molecule has 4 rings (SSSR count). The lowest BCUT2D eigenvalue weighted by atomic mass is 10.1. The van der Waals surface area contributed by atoms with Crippen molar-refractivity contribution >= 4 is 11.0 Å². The van der Waals surface area contributed by atoms with E-state index in [1.165, 1.54) is 0 Å². The van der Waals surface area contributed by atoms with Gasteiger partial charge in [0.05, 0.1) is 17.5 Å². The molecule has 0 amide bonds. The largest absolute Gasteiger partial charge is 0.457 e. The molecule has 1 aromatic carbocycles. The zero-order chi connectivity index (χ0) is 11.2. The topological polar surface area (TPSA) is 35.3 Å². The highest BCUT2D eigenvalue weighted by molar-refractivity contribution is 5.86. The third kappa shape index (κ3) is 1.19. The molecule has 82 valence electrons. The fraction of sp³-hybridized carbons (Fsp3) is 0.0714. The molecule has 0 saturated heterocycles. The summed E-state index contributed by atoms with van der Waals surface area (Å²) in [6.07, 6.45) is 2.47. The highest BCUT2D eigenvalue weighted by Crippen LogP contribution is 2.41. The molecule has 3 heterocycles. The van der Waals surface area contributed by atoms with Gasteiger partial charge in [0, 0.05) is 6.20 Å². The number of hydrogen-bond donors (Lipinski definition) is 0. The van der Waals surface area contributed by atoms with E-state index in [2.05, 4.69) is 4.98 Å². The quantitative estimate of drug-likeness (QED) is 0.457. The van der Waals surface area contributed by atoms with Crippen LogP contribution < -0.4 is 4.74 Å². The second kappa shape index (κ2) is 3.10. The van der Waals surface area contributed by atoms with Crippen LogP contribution in [0.2, 0.25) is 0 Å². The van der Waals surface area contributed by atoms with E-state index < -0.39 is 0 Å². The van der Waals surface area contributed by atoms with Gasteiger partial charge in [0.15, 0.2) is 11.5 Å². The number of hydrogen-bond acceptors (Lipinski definition) is 3. The Bertz CT molecular complexity index is 715. The molecule has 1 aliphatic rings. The van der Waals surface area contributed by atoms with Crippen LogP contribution in [0, 0.1) is 0 Å². The molecule has 0 N–H and O–H groups in total. The summed E-state index contributed by atoms with van der Waals surface area (Å²) in [7, 11) is 0. The van der Waals surface area contributed by atoms with Gasteiger partial charge in [-0.2, -0.15) is 0 Å². The zero-order valence-corrected chi connectivity index (χ0v) is 9.01. The predicted octanol–water partition coefficient (Wildman–Crippen LogP) is 3.52. The molecule has 3 nitrogen and oxygen atoms in total. The fourth-order valence-corrected chi connectivity index (χ4v) is 2.21. The van der Waals surface area contributed by atoms with Gasteiger partial charge in [0.1, 0.15) is 11.3 Å². The Labute approximate surface area is 97.7 Å². The summed E-state index contributed by atoms with van der Waals surface area (Å²) in [6, 6.07) is 11.7. The number of ether oxygens (including phenoxy) is 1. The molecule has 2 aromatic heterocycles. The number of benzene rings is 1. The Balaban J connectivity index is 1.97. The van der Waals surface area contributed by atoms with Crippen molar-refractivity contribution < 1.29 is 9.15 Å². The lowest BCUT2D eigenvalue weighted by Gasteiger charge is -2.14. The Morgan fingerprint density at radius 3 is 3.00 bits per heavy atom. The molecule has 0 saturated carbocycles. The van der Waals surface area contributed by atoms with Gasteiger partial charge in [0.2, 0.25) is 0 Å². The van der Waals surface area contributed by atoms with Crippen LogP contribution in [0.15, 0.2) is 47.0 Å². The number of nitrogens with zero attached hydrogens (tertiary/aromatic N) is 1. The number of aromatic nitrogens is 1. The summed E-state index contributed by atoms with van der Waals surface area (Å²) in [6.45, 7) is 0. The highest BCUT2D eigenvalue weighted by atomic mass is 16.5. The van der Waals surface area contributed by atoms with Crippen molar-refractivity contribution in [3.05, 3.63) is 54.0 Å². The second-order valence-corrected chi connectivity index (χ2v) is 4.08. The van der Waals surface area contributed by atoms with E-state index in [9.17, 15) is 0 Å². The zero-order valence-electron chi connectivity index (χ0n) is 9.01. The van der Waals surface area contributed by atoms with Gasteiger partial charge in [0.25, 0.3) is 0 Å². The molecule has 17 heavy (non-hydrogen) atoms. The normalized spacial score (nSPS) is 12.9. The number of pyridine rings is 1. The summed E-state index contributed by atoms with van der Waals surface area (Å²) in [5.74, 6) is 2.52. The second-order valence-electron chi connectivity index (χ2n) is 4.08. The molecule has 0 bridgehead atoms. The minimum atomic E-state index is 0.695. The van der Waals surface area contributed by atoms with Crippen molar-refractivity contribution in [2.24, 2.45) is 0 Å². The first kappa shape index (κ1) is 8.82. The molecular weight excluding hydrogens is 214 g/mol. The Morgan fingerprint density at radius 2 is 2.00 bits per heavy atom. The molecule has 0 aliphatic carbocycles. The van der Waals surface area contributed by atoms with Gasteiger partial charge >= 0.3 is 0 Å². The van der Waals surface area contributed by atoms with Gasteiger partial charge in [-0.25, -0.2) is 0 Å². The number of para-hydroxylation sites is 1. The van der Waals surface area contributed by atoms with E-state index in [-0.39, 0.29) is 0 Å². The molecule has 0 spiro atoms. The third-order valence-electron chi connectivity index (χ3n) is 3.01. The van der Waals surface area contributed by atoms with Crippen LogP contribution in [0.25, 0.3) is 11.0 Å². The van der Waals surface area contributed by atoms with Crippen LogP contribution in [-0.2, 0) is 6.42 Å². The molecule has 0 fully saturated rings. The van der Waals surface area contributed by atoms with Crippen LogP contribution in [0.1, 0.15) is 11.5 Å². The number of furan rings is 1. The minimum Gasteiger partial charge on any atom is -0.457 e. The van der Waals surface area contributed by atoms with E-state index in [1.54, 1.807) is 6.20 Å². The fourth-order valence-electron chi connectivity index (χ4n) is 2.21. The van der Waals surface area contributed by atoms with Gasteiger partial charge in [-0.15, -0.1) is 0 Å². The first-order valence-electron chi connectivity index (χ1n) is 5.54. The molecule has 0 atom stereocenters. The molecular formula is C14H9NO2. The predicted molar refractivity (Wildman–Crippen MR) is 63.3 cm³/mol. The van der Waals surface area contributed by atoms with Crippen LogP contribution in [0.4, 0.5) is 0 Å². The van der Waals surface area contributed by atoms with E-state index in [4.69, 9.17) is 9.15 Å². The monoisotopic (exact) mass is 223 g/mol. The number of fused-ring (bicyclic) bond motifs is 4. The Hall–Kier alpha value is -2.29. The van der Waals surface area contributed by atoms with Gasteiger partial charge in [-0.05, 0) is 24.3 Å². The maximum Gasteiger partial charge on any atom is 0.177 e. The van der Waals surface area contributed by atoms with Crippen molar-refractivity contribution in [2.45, 2.75) is 6.42 Å². The van der Waals surface area contributed by atoms with Crippen molar-refractivity contribution in [2.75, 3.05) is 0 Å². The summed E-state index contributed by atoms with van der Waals surface area (Å²) in [5.41, 5.74) is 1.80. The van der Waals surface area contributed by atoms with Crippen molar-refractivity contribution in [3.8, 4) is 11.5 Å². The molecule has 3 heteroatoms. The average molecular weight is 223 g/mol. The summed E-state index contributed by atoms with van der Waals surface area (Å²) >= 11 is 0. The third-order valence-corrected chi connectivity index (χ3v) is 3.01. The summed E-state index contributed by atoms with van der Waals surface area (Å²) in [5, 5.41) is 1.03. The molecule has 0 radical (unpaired) electrons. The van der Waals surface area contributed by atoms with Crippen LogP contribution >= 0.6 is 0 Å². The van der Waals surface area contributed by atoms with Gasteiger partial charge < -0.3 is 9.15 Å². The molecule has 1 aliphatic heterocycles. The SMILES string of the molecule is c1cnc2c(c1)Oc1c(oc3ccccc13)C2. The number of rotatable bonds is 0. The van der Waals surface area contributed by atoms with Gasteiger partial charge in [-0.1, -0.05) is 12.1 Å². The van der Waals surface area contributed by atoms with E-state index in [0.717, 1.165) is 33.9 Å². The van der Waals surface area contributed by atoms with Crippen molar-refractivity contribution in [3.63, 3.8) is 0 Å². The van der Waals surface area contributed by atoms with Crippen LogP contribution in [0.3, 0.4) is 0 Å². The first-order chi connectivity index (χ1) is 8.42. The highest BCUT2D eigenvalue weighted by Gasteiger charge is 2.23. The Morgan fingerprint density at radius 1 is 1.06 bits per heavy atom. The van der Waals surface area contributed by atoms with Crippen LogP contribution in [-0.4, -0.2) is 4.98 Å². The van der Waals surface area contributed by atoms with Crippen molar-refractivity contribution in [1.29, 1.82) is 0 Å². The lowest BCUT2D eigenvalue weighted by Crippen LogP contribution is -2.02. The minimum absolute atomic E-state index is 0.695. The summed E-state index contributed by atoms with van der Waals surface area (Å²) in [4.78, 5) is 4.30. The standard InChI is InChI=1S/C14H9NO2/c1-2-5-11-9(4-1)14-13(16-11)8-10-12(17-14)6-3-7-15-10/h1-7H,8H2.